The van der Waals surface area contributed by atoms with E-state index in [1.165, 1.54) is 0 Å². The molecule has 0 aromatic heterocycles. The van der Waals surface area contributed by atoms with Gasteiger partial charge in [-0.25, -0.2) is 9.28 Å². The Kier molecular flexibility index (Phi) is 5.54. The molecule has 0 fully saturated rings. The molecule has 5 nitrogen and oxygen atoms in total. The van der Waals surface area contributed by atoms with Gasteiger partial charge < -0.3 is 10.2 Å². The molecule has 1 aliphatic rings. The molecule has 98 valence electrons. The van der Waals surface area contributed by atoms with E-state index in [0.717, 1.165) is 12.1 Å². The van der Waals surface area contributed by atoms with Crippen LogP contribution < -0.4 is 5.32 Å². The minimum absolute atomic E-state index is 0.146. The normalized spacial score (nSPS) is 23.1. The average molecular weight is 246 g/mol. The summed E-state index contributed by atoms with van der Waals surface area (Å²) in [6.45, 7) is 2.88. The number of carbonyl (C=O) groups excluding carboxylic acids is 1. The van der Waals surface area contributed by atoms with E-state index < -0.39 is 12.8 Å². The highest BCUT2D eigenvalue weighted by Gasteiger charge is 2.22. The second kappa shape index (κ2) is 6.68. The summed E-state index contributed by atoms with van der Waals surface area (Å²) in [4.78, 5) is 17.5. The molecule has 0 saturated carbocycles. The number of alkyl halides is 1. The highest BCUT2D eigenvalue weighted by Crippen LogP contribution is 2.13. The lowest BCUT2D eigenvalue weighted by Crippen LogP contribution is -2.42. The van der Waals surface area contributed by atoms with Crippen LogP contribution in [0.3, 0.4) is 0 Å². The van der Waals surface area contributed by atoms with E-state index in [4.69, 9.17) is 5.26 Å². The third-order valence-electron chi connectivity index (χ3n) is 2.60. The predicted octanol–water partition coefficient (Wildman–Crippen LogP) is 0.438. The Balaban J connectivity index is 2.39. The van der Waals surface area contributed by atoms with Crippen LogP contribution in [0.4, 0.5) is 4.39 Å². The van der Waals surface area contributed by atoms with E-state index in [1.807, 2.05) is 24.9 Å². The quantitative estimate of drug-likeness (QED) is 0.420. The summed E-state index contributed by atoms with van der Waals surface area (Å²) in [7, 11) is 1.94. The minimum Gasteiger partial charge on any atom is -0.353 e. The maximum atomic E-state index is 13.0. The highest BCUT2D eigenvalue weighted by molar-refractivity contribution is 5.81. The molecule has 0 bridgehead atoms. The first-order valence-corrected chi connectivity index (χ1v) is 5.57. The Labute approximate surface area is 100 Å². The second-order valence-electron chi connectivity index (χ2n) is 4.45. The van der Waals surface area contributed by atoms with Crippen molar-refractivity contribution >= 4 is 5.91 Å². The van der Waals surface area contributed by atoms with Gasteiger partial charge in [0.2, 0.25) is 5.91 Å². The summed E-state index contributed by atoms with van der Waals surface area (Å²) >= 11 is 0. The van der Waals surface area contributed by atoms with Crippen molar-refractivity contribution in [1.29, 1.82) is 0 Å². The van der Waals surface area contributed by atoms with Crippen molar-refractivity contribution in [3.63, 3.8) is 0 Å². The minimum atomic E-state index is -1.39. The lowest BCUT2D eigenvalue weighted by molar-refractivity contribution is -0.251. The van der Waals surface area contributed by atoms with E-state index in [9.17, 15) is 9.18 Å². The van der Waals surface area contributed by atoms with Crippen molar-refractivity contribution in [3.8, 4) is 0 Å². The van der Waals surface area contributed by atoms with Crippen molar-refractivity contribution in [3.05, 3.63) is 11.6 Å². The maximum Gasteiger partial charge on any atom is 0.228 e. The molecule has 2 unspecified atom stereocenters. The lowest BCUT2D eigenvalue weighted by atomic mass is 10.0. The molecule has 0 aromatic carbocycles. The van der Waals surface area contributed by atoms with Gasteiger partial charge in [-0.15, -0.1) is 0 Å². The van der Waals surface area contributed by atoms with Crippen LogP contribution >= 0.6 is 0 Å². The van der Waals surface area contributed by atoms with Crippen LogP contribution in [0.2, 0.25) is 0 Å². The summed E-state index contributed by atoms with van der Waals surface area (Å²) in [5.74, 6) is -0.438. The molecule has 1 rings (SSSR count). The van der Waals surface area contributed by atoms with Crippen LogP contribution in [0, 0.1) is 5.92 Å². The summed E-state index contributed by atoms with van der Waals surface area (Å²) in [6, 6.07) is 0. The molecular formula is C11H19FN2O3. The molecule has 0 spiro atoms. The number of carbonyl (C=O) groups is 1. The van der Waals surface area contributed by atoms with Gasteiger partial charge in [0, 0.05) is 13.1 Å². The molecule has 2 N–H and O–H groups in total. The van der Waals surface area contributed by atoms with Crippen LogP contribution in [0.25, 0.3) is 0 Å². The van der Waals surface area contributed by atoms with Crippen LogP contribution in [0.15, 0.2) is 11.6 Å². The Hall–Kier alpha value is -0.980. The number of rotatable bonds is 5. The molecular weight excluding hydrogens is 227 g/mol. The third-order valence-corrected chi connectivity index (χ3v) is 2.60. The van der Waals surface area contributed by atoms with E-state index in [0.29, 0.717) is 6.54 Å². The first-order valence-electron chi connectivity index (χ1n) is 5.57. The summed E-state index contributed by atoms with van der Waals surface area (Å²) < 4.78 is 13.0. The zero-order chi connectivity index (χ0) is 12.8. The van der Waals surface area contributed by atoms with E-state index >= 15 is 0 Å². The Morgan fingerprint density at radius 3 is 3.12 bits per heavy atom. The number of halogens is 1. The highest BCUT2D eigenvalue weighted by atomic mass is 19.1. The number of hydrogen-bond acceptors (Lipinski definition) is 4. The van der Waals surface area contributed by atoms with Crippen LogP contribution in [0.1, 0.15) is 6.92 Å². The summed E-state index contributed by atoms with van der Waals surface area (Å²) in [5.41, 5.74) is 1.13. The second-order valence-corrected chi connectivity index (χ2v) is 4.45. The van der Waals surface area contributed by atoms with E-state index in [1.54, 1.807) is 0 Å². The van der Waals surface area contributed by atoms with E-state index in [2.05, 4.69) is 10.2 Å². The van der Waals surface area contributed by atoms with Gasteiger partial charge in [-0.3, -0.25) is 10.1 Å². The van der Waals surface area contributed by atoms with Gasteiger partial charge in [-0.05, 0) is 14.0 Å². The fourth-order valence-corrected chi connectivity index (χ4v) is 1.92. The fourth-order valence-electron chi connectivity index (χ4n) is 1.92. The van der Waals surface area contributed by atoms with Gasteiger partial charge in [0.05, 0.1) is 12.5 Å². The van der Waals surface area contributed by atoms with Crippen molar-refractivity contribution in [2.45, 2.75) is 13.1 Å². The molecule has 0 saturated heterocycles. The standard InChI is InChI=1S/C11H19FN2O3/c1-8-3-9(6-14(2)5-8)11(15)13-4-10(12)7-17-16/h3,9-10,16H,4-7H2,1-2H3,(H,13,15). The van der Waals surface area contributed by atoms with E-state index in [-0.39, 0.29) is 18.4 Å². The monoisotopic (exact) mass is 246 g/mol. The molecule has 1 heterocycles. The predicted molar refractivity (Wildman–Crippen MR) is 61.2 cm³/mol. The molecule has 1 aliphatic heterocycles. The molecule has 6 heteroatoms. The summed E-state index contributed by atoms with van der Waals surface area (Å²) in [6.07, 6.45) is 0.515. The largest absolute Gasteiger partial charge is 0.353 e. The molecule has 1 amide bonds. The lowest BCUT2D eigenvalue weighted by Gasteiger charge is -2.27. The first-order chi connectivity index (χ1) is 8.02. The number of amides is 1. The molecule has 2 atom stereocenters. The first kappa shape index (κ1) is 14.1. The molecule has 0 radical (unpaired) electrons. The van der Waals surface area contributed by atoms with Crippen molar-refractivity contribution in [1.82, 2.24) is 10.2 Å². The molecule has 0 aliphatic carbocycles. The topological polar surface area (TPSA) is 61.8 Å². The average Bonchev–Trinajstić information content (AvgIpc) is 2.25. The smallest absolute Gasteiger partial charge is 0.228 e. The van der Waals surface area contributed by atoms with Crippen molar-refractivity contribution < 1.29 is 19.3 Å². The van der Waals surface area contributed by atoms with Crippen LogP contribution in [-0.2, 0) is 9.68 Å². The Morgan fingerprint density at radius 2 is 2.53 bits per heavy atom. The van der Waals surface area contributed by atoms with Gasteiger partial charge in [0.25, 0.3) is 0 Å². The van der Waals surface area contributed by atoms with Crippen molar-refractivity contribution in [2.75, 3.05) is 33.3 Å². The van der Waals surface area contributed by atoms with Gasteiger partial charge in [-0.1, -0.05) is 11.6 Å². The van der Waals surface area contributed by atoms with Gasteiger partial charge in [0.15, 0.2) is 0 Å². The zero-order valence-corrected chi connectivity index (χ0v) is 10.1. The number of hydrogen-bond donors (Lipinski definition) is 2. The zero-order valence-electron chi connectivity index (χ0n) is 10.1. The number of nitrogens with zero attached hydrogens (tertiary/aromatic N) is 1. The Bertz CT molecular complexity index is 296. The Morgan fingerprint density at radius 1 is 1.82 bits per heavy atom. The molecule has 17 heavy (non-hydrogen) atoms. The van der Waals surface area contributed by atoms with Crippen LogP contribution in [-0.4, -0.2) is 55.5 Å². The van der Waals surface area contributed by atoms with Gasteiger partial charge in [-0.2, -0.15) is 0 Å². The summed E-state index contributed by atoms with van der Waals surface area (Å²) in [5, 5.41) is 10.6. The van der Waals surface area contributed by atoms with Crippen LogP contribution in [0.5, 0.6) is 0 Å². The number of nitrogens with one attached hydrogen (secondary N) is 1. The van der Waals surface area contributed by atoms with Gasteiger partial charge >= 0.3 is 0 Å². The van der Waals surface area contributed by atoms with Gasteiger partial charge in [0.1, 0.15) is 12.8 Å². The molecule has 0 aromatic rings. The van der Waals surface area contributed by atoms with Crippen molar-refractivity contribution in [2.24, 2.45) is 5.92 Å². The SMILES string of the molecule is CC1=CC(C(=O)NCC(F)COO)CN(C)C1. The maximum absolute atomic E-state index is 13.0. The number of likely N-dealkylation sites (N-methyl/N-ethyl adjacent to an activating group) is 1. The fraction of sp³-hybridized carbons (Fsp3) is 0.727. The third kappa shape index (κ3) is 4.80.